The number of amidine groups is 1. The van der Waals surface area contributed by atoms with Gasteiger partial charge in [0, 0.05) is 13.6 Å². The molecule has 0 atom stereocenters. The fraction of sp³-hybridized carbons (Fsp3) is 0.714. The molecule has 0 spiro atoms. The average Bonchev–Trinajstić information content (AvgIpc) is 2.37. The lowest BCUT2D eigenvalue weighted by atomic mass is 10.6. The summed E-state index contributed by atoms with van der Waals surface area (Å²) < 4.78 is 0. The monoisotopic (exact) mass is 155 g/mol. The second-order valence-corrected chi connectivity index (χ2v) is 2.31. The van der Waals surface area contributed by atoms with Gasteiger partial charge in [-0.2, -0.15) is 0 Å². The van der Waals surface area contributed by atoms with Crippen molar-refractivity contribution in [1.29, 1.82) is 0 Å². The van der Waals surface area contributed by atoms with E-state index in [1.54, 1.807) is 6.21 Å². The molecular weight excluding hydrogens is 142 g/mol. The Morgan fingerprint density at radius 3 is 3.18 bits per heavy atom. The molecule has 4 heteroatoms. The van der Waals surface area contributed by atoms with E-state index in [2.05, 4.69) is 10.1 Å². The molecule has 1 aliphatic rings. The Morgan fingerprint density at radius 2 is 2.64 bits per heavy atom. The molecule has 0 aromatic heterocycles. The molecule has 0 saturated heterocycles. The van der Waals surface area contributed by atoms with Crippen molar-refractivity contribution in [3.8, 4) is 0 Å². The first kappa shape index (κ1) is 8.04. The number of hydrogen-bond acceptors (Lipinski definition) is 4. The highest BCUT2D eigenvalue weighted by Gasteiger charge is 2.08. The SMILES string of the molecule is CCON=CC1=NCCN1C. The molecule has 4 nitrogen and oxygen atoms in total. The summed E-state index contributed by atoms with van der Waals surface area (Å²) in [4.78, 5) is 11.1. The molecule has 62 valence electrons. The number of likely N-dealkylation sites (N-methyl/N-ethyl adjacent to an activating group) is 1. The number of hydrogen-bond donors (Lipinski definition) is 0. The van der Waals surface area contributed by atoms with Gasteiger partial charge in [0.2, 0.25) is 0 Å². The first-order chi connectivity index (χ1) is 5.34. The molecule has 0 amide bonds. The van der Waals surface area contributed by atoms with E-state index in [0.29, 0.717) is 6.61 Å². The number of aliphatic imine (C=N–C) groups is 1. The molecule has 0 fully saturated rings. The Hall–Kier alpha value is -1.06. The van der Waals surface area contributed by atoms with Crippen LogP contribution in [0.4, 0.5) is 0 Å². The lowest BCUT2D eigenvalue weighted by Crippen LogP contribution is -2.23. The van der Waals surface area contributed by atoms with E-state index in [0.717, 1.165) is 18.9 Å². The Kier molecular flexibility index (Phi) is 2.89. The van der Waals surface area contributed by atoms with Crippen molar-refractivity contribution in [3.63, 3.8) is 0 Å². The fourth-order valence-electron chi connectivity index (χ4n) is 0.848. The van der Waals surface area contributed by atoms with Gasteiger partial charge in [-0.05, 0) is 6.92 Å². The van der Waals surface area contributed by atoms with Crippen molar-refractivity contribution in [1.82, 2.24) is 4.90 Å². The van der Waals surface area contributed by atoms with Gasteiger partial charge < -0.3 is 9.74 Å². The number of oxime groups is 1. The minimum Gasteiger partial charge on any atom is -0.396 e. The van der Waals surface area contributed by atoms with Crippen LogP contribution in [0.2, 0.25) is 0 Å². The second-order valence-electron chi connectivity index (χ2n) is 2.31. The van der Waals surface area contributed by atoms with Crippen LogP contribution in [0.5, 0.6) is 0 Å². The zero-order valence-corrected chi connectivity index (χ0v) is 6.95. The van der Waals surface area contributed by atoms with Crippen molar-refractivity contribution in [3.05, 3.63) is 0 Å². The molecule has 0 bridgehead atoms. The van der Waals surface area contributed by atoms with Crippen LogP contribution >= 0.6 is 0 Å². The first-order valence-corrected chi connectivity index (χ1v) is 3.75. The first-order valence-electron chi connectivity index (χ1n) is 3.75. The van der Waals surface area contributed by atoms with Crippen molar-refractivity contribution in [2.24, 2.45) is 10.1 Å². The molecule has 1 rings (SSSR count). The molecular formula is C7H13N3O. The van der Waals surface area contributed by atoms with Gasteiger partial charge in [-0.25, -0.2) is 0 Å². The third-order valence-electron chi connectivity index (χ3n) is 1.47. The summed E-state index contributed by atoms with van der Waals surface area (Å²) in [7, 11) is 1.99. The summed E-state index contributed by atoms with van der Waals surface area (Å²) in [5, 5.41) is 3.72. The highest BCUT2D eigenvalue weighted by molar-refractivity contribution is 6.29. The predicted octanol–water partition coefficient (Wildman–Crippen LogP) is 0.353. The van der Waals surface area contributed by atoms with E-state index in [1.807, 2.05) is 18.9 Å². The summed E-state index contributed by atoms with van der Waals surface area (Å²) in [6, 6.07) is 0. The highest BCUT2D eigenvalue weighted by Crippen LogP contribution is 1.95. The van der Waals surface area contributed by atoms with Gasteiger partial charge in [-0.3, -0.25) is 4.99 Å². The summed E-state index contributed by atoms with van der Waals surface area (Å²) >= 11 is 0. The van der Waals surface area contributed by atoms with Crippen molar-refractivity contribution < 1.29 is 4.84 Å². The number of nitrogens with zero attached hydrogens (tertiary/aromatic N) is 3. The van der Waals surface area contributed by atoms with Gasteiger partial charge in [-0.1, -0.05) is 5.16 Å². The zero-order valence-electron chi connectivity index (χ0n) is 6.95. The summed E-state index contributed by atoms with van der Waals surface area (Å²) in [6.45, 7) is 4.35. The number of rotatable bonds is 3. The maximum Gasteiger partial charge on any atom is 0.145 e. The third-order valence-corrected chi connectivity index (χ3v) is 1.47. The van der Waals surface area contributed by atoms with Crippen LogP contribution < -0.4 is 0 Å². The molecule has 0 aromatic carbocycles. The maximum atomic E-state index is 4.81. The van der Waals surface area contributed by atoms with E-state index >= 15 is 0 Å². The van der Waals surface area contributed by atoms with Crippen molar-refractivity contribution in [2.45, 2.75) is 6.92 Å². The molecule has 0 aromatic rings. The zero-order chi connectivity index (χ0) is 8.10. The normalized spacial score (nSPS) is 17.6. The molecule has 0 N–H and O–H groups in total. The van der Waals surface area contributed by atoms with Gasteiger partial charge in [-0.15, -0.1) is 0 Å². The fourth-order valence-corrected chi connectivity index (χ4v) is 0.848. The summed E-state index contributed by atoms with van der Waals surface area (Å²) in [6.07, 6.45) is 1.65. The predicted molar refractivity (Wildman–Crippen MR) is 45.1 cm³/mol. The van der Waals surface area contributed by atoms with Gasteiger partial charge in [0.05, 0.1) is 6.54 Å². The molecule has 0 radical (unpaired) electrons. The Morgan fingerprint density at radius 1 is 1.82 bits per heavy atom. The smallest absolute Gasteiger partial charge is 0.145 e. The van der Waals surface area contributed by atoms with Crippen LogP contribution in [-0.4, -0.2) is 43.7 Å². The van der Waals surface area contributed by atoms with Crippen LogP contribution in [0, 0.1) is 0 Å². The summed E-state index contributed by atoms with van der Waals surface area (Å²) in [5.41, 5.74) is 0. The Labute approximate surface area is 66.5 Å². The van der Waals surface area contributed by atoms with Gasteiger partial charge in [0.25, 0.3) is 0 Å². The highest BCUT2D eigenvalue weighted by atomic mass is 16.6. The van der Waals surface area contributed by atoms with Crippen LogP contribution in [-0.2, 0) is 4.84 Å². The lowest BCUT2D eigenvalue weighted by molar-refractivity contribution is 0.161. The topological polar surface area (TPSA) is 37.2 Å². The Balaban J connectivity index is 2.36. The molecule has 0 aliphatic carbocycles. The molecule has 11 heavy (non-hydrogen) atoms. The van der Waals surface area contributed by atoms with E-state index in [4.69, 9.17) is 4.84 Å². The van der Waals surface area contributed by atoms with Gasteiger partial charge in [0.1, 0.15) is 18.7 Å². The van der Waals surface area contributed by atoms with Crippen LogP contribution in [0.3, 0.4) is 0 Å². The minimum absolute atomic E-state index is 0.605. The van der Waals surface area contributed by atoms with Crippen molar-refractivity contribution >= 4 is 12.1 Å². The van der Waals surface area contributed by atoms with Crippen LogP contribution in [0.15, 0.2) is 10.1 Å². The van der Waals surface area contributed by atoms with Crippen LogP contribution in [0.25, 0.3) is 0 Å². The quantitative estimate of drug-likeness (QED) is 0.435. The molecule has 1 aliphatic heterocycles. The maximum absolute atomic E-state index is 4.81. The molecule has 0 unspecified atom stereocenters. The van der Waals surface area contributed by atoms with Gasteiger partial charge >= 0.3 is 0 Å². The van der Waals surface area contributed by atoms with E-state index in [9.17, 15) is 0 Å². The van der Waals surface area contributed by atoms with E-state index in [-0.39, 0.29) is 0 Å². The molecule has 0 saturated carbocycles. The second kappa shape index (κ2) is 3.95. The third kappa shape index (κ3) is 2.22. The summed E-state index contributed by atoms with van der Waals surface area (Å²) in [5.74, 6) is 0.901. The average molecular weight is 155 g/mol. The minimum atomic E-state index is 0.605. The van der Waals surface area contributed by atoms with Gasteiger partial charge in [0.15, 0.2) is 0 Å². The van der Waals surface area contributed by atoms with Crippen molar-refractivity contribution in [2.75, 3.05) is 26.7 Å². The lowest BCUT2D eigenvalue weighted by Gasteiger charge is -2.08. The largest absolute Gasteiger partial charge is 0.396 e. The Bertz CT molecular complexity index is 177. The molecule has 1 heterocycles. The van der Waals surface area contributed by atoms with E-state index in [1.165, 1.54) is 0 Å². The van der Waals surface area contributed by atoms with E-state index < -0.39 is 0 Å². The van der Waals surface area contributed by atoms with Crippen LogP contribution in [0.1, 0.15) is 6.92 Å². The standard InChI is InChI=1S/C7H13N3O/c1-3-11-9-6-7-8-4-5-10(7)2/h6H,3-5H2,1-2H3.